The van der Waals surface area contributed by atoms with Crippen LogP contribution in [0.3, 0.4) is 0 Å². The van der Waals surface area contributed by atoms with Gasteiger partial charge in [0.1, 0.15) is 17.6 Å². The Kier molecular flexibility index (Phi) is 11.2. The van der Waals surface area contributed by atoms with E-state index in [2.05, 4.69) is 9.80 Å². The van der Waals surface area contributed by atoms with Crippen LogP contribution >= 0.6 is 0 Å². The molecule has 0 unspecified atom stereocenters. The maximum absolute atomic E-state index is 13.6. The summed E-state index contributed by atoms with van der Waals surface area (Å²) >= 11 is 0. The number of halogens is 6. The number of anilines is 2. The molecule has 0 spiro atoms. The van der Waals surface area contributed by atoms with Gasteiger partial charge in [-0.2, -0.15) is 26.3 Å². The normalized spacial score (nSPS) is 23.2. The number of esters is 1. The highest BCUT2D eigenvalue weighted by molar-refractivity contribution is 5.71. The second-order valence-electron chi connectivity index (χ2n) is 13.1. The average Bonchev–Trinajstić information content (AvgIpc) is 3.69. The van der Waals surface area contributed by atoms with Gasteiger partial charge in [-0.25, -0.2) is 14.8 Å². The number of carbonyl (C=O) groups excluding carboxylic acids is 2. The molecule has 2 aromatic rings. The molecular weight excluding hydrogens is 656 g/mol. The molecule has 5 rings (SSSR count). The molecular formula is C34H43F6N5O4. The lowest BCUT2D eigenvalue weighted by atomic mass is 9.80. The number of hydrogen-bond donors (Lipinski definition) is 0. The Hall–Kier alpha value is -3.78. The van der Waals surface area contributed by atoms with Gasteiger partial charge in [-0.1, -0.05) is 0 Å². The molecule has 1 amide bonds. The third-order valence-electron chi connectivity index (χ3n) is 9.78. The topological polar surface area (TPSA) is 88.1 Å². The van der Waals surface area contributed by atoms with E-state index < -0.39 is 47.3 Å². The number of amides is 1. The van der Waals surface area contributed by atoms with Crippen molar-refractivity contribution in [1.82, 2.24) is 14.9 Å². The van der Waals surface area contributed by atoms with Gasteiger partial charge in [0.05, 0.1) is 36.5 Å². The smallest absolute Gasteiger partial charge is 0.416 e. The number of aromatic nitrogens is 2. The minimum Gasteiger partial charge on any atom is -0.466 e. The summed E-state index contributed by atoms with van der Waals surface area (Å²) in [6, 6.07) is 0.354. The number of carbonyl (C=O) groups is 2. The standard InChI is InChI=1S/C34H43F6N5O4/c1-4-43(19-23-10-8-22(9-11-23)14-29(46)48-5-2)31-27(42-28(18-41-31)44-12-6-7-13-44)20-45-21(3)30(49-32(45)47)24-15-25(33(35,36)37)17-26(16-24)34(38,39)40/h15-18,21-23,30H,4-14,19-20H2,1-3H3/t21-,22?,23?,30-/m0/s1. The van der Waals surface area contributed by atoms with Crippen LogP contribution in [-0.2, 0) is 33.2 Å². The zero-order chi connectivity index (χ0) is 35.5. The summed E-state index contributed by atoms with van der Waals surface area (Å²) in [5.41, 5.74) is -2.87. The Balaban J connectivity index is 1.38. The molecule has 1 saturated carbocycles. The monoisotopic (exact) mass is 699 g/mol. The number of alkyl halides is 6. The average molecular weight is 700 g/mol. The number of benzene rings is 1. The van der Waals surface area contributed by atoms with E-state index in [0.717, 1.165) is 51.6 Å². The molecule has 2 atom stereocenters. The molecule has 0 radical (unpaired) electrons. The summed E-state index contributed by atoms with van der Waals surface area (Å²) in [7, 11) is 0. The zero-order valence-corrected chi connectivity index (χ0v) is 27.9. The van der Waals surface area contributed by atoms with E-state index in [4.69, 9.17) is 19.4 Å². The lowest BCUT2D eigenvalue weighted by molar-refractivity contribution is -0.145. The quantitative estimate of drug-likeness (QED) is 0.174. The molecule has 3 heterocycles. The molecule has 9 nitrogen and oxygen atoms in total. The predicted molar refractivity (Wildman–Crippen MR) is 169 cm³/mol. The fraction of sp³-hybridized carbons (Fsp3) is 0.647. The molecule has 1 aromatic carbocycles. The van der Waals surface area contributed by atoms with Crippen LogP contribution in [0.25, 0.3) is 0 Å². The van der Waals surface area contributed by atoms with Crippen molar-refractivity contribution in [3.8, 4) is 0 Å². The summed E-state index contributed by atoms with van der Waals surface area (Å²) in [6.45, 7) is 8.40. The van der Waals surface area contributed by atoms with Gasteiger partial charge in [0.25, 0.3) is 0 Å². The van der Waals surface area contributed by atoms with Crippen LogP contribution in [0, 0.1) is 11.8 Å². The van der Waals surface area contributed by atoms with Gasteiger partial charge in [0.15, 0.2) is 5.82 Å². The van der Waals surface area contributed by atoms with E-state index in [9.17, 15) is 35.9 Å². The summed E-state index contributed by atoms with van der Waals surface area (Å²) in [6.07, 6.45) is -4.57. The molecule has 49 heavy (non-hydrogen) atoms. The first-order valence-corrected chi connectivity index (χ1v) is 17.0. The maximum atomic E-state index is 13.6. The highest BCUT2D eigenvalue weighted by atomic mass is 19.4. The fourth-order valence-corrected chi connectivity index (χ4v) is 7.09. The lowest BCUT2D eigenvalue weighted by Gasteiger charge is -2.34. The van der Waals surface area contributed by atoms with Gasteiger partial charge in [0, 0.05) is 32.6 Å². The van der Waals surface area contributed by atoms with E-state index in [1.165, 1.54) is 11.8 Å². The van der Waals surface area contributed by atoms with Crippen molar-refractivity contribution in [2.45, 2.75) is 96.8 Å². The Morgan fingerprint density at radius 1 is 0.980 bits per heavy atom. The van der Waals surface area contributed by atoms with Crippen molar-refractivity contribution >= 4 is 23.7 Å². The van der Waals surface area contributed by atoms with E-state index in [1.807, 2.05) is 6.92 Å². The molecule has 270 valence electrons. The van der Waals surface area contributed by atoms with Crippen molar-refractivity contribution in [3.05, 3.63) is 46.8 Å². The summed E-state index contributed by atoms with van der Waals surface area (Å²) in [4.78, 5) is 40.4. The van der Waals surface area contributed by atoms with Crippen LogP contribution in [0.5, 0.6) is 0 Å². The van der Waals surface area contributed by atoms with Gasteiger partial charge in [-0.05, 0) is 94.9 Å². The Bertz CT molecular complexity index is 1440. The first-order chi connectivity index (χ1) is 23.2. The van der Waals surface area contributed by atoms with E-state index in [0.29, 0.717) is 61.5 Å². The molecule has 15 heteroatoms. The first-order valence-electron chi connectivity index (χ1n) is 17.0. The fourth-order valence-electron chi connectivity index (χ4n) is 7.09. The summed E-state index contributed by atoms with van der Waals surface area (Å²) in [5, 5.41) is 0. The van der Waals surface area contributed by atoms with E-state index >= 15 is 0 Å². The van der Waals surface area contributed by atoms with Crippen LogP contribution in [0.4, 0.5) is 42.8 Å². The number of nitrogens with zero attached hydrogens (tertiary/aromatic N) is 5. The third kappa shape index (κ3) is 8.69. The Labute approximate surface area is 281 Å². The molecule has 0 bridgehead atoms. The SMILES string of the molecule is CCOC(=O)CC1CCC(CN(CC)c2ncc(N3CCCC3)nc2CN2C(=O)O[C@H](c3cc(C(F)(F)F)cc(C(F)(F)F)c3)[C@@H]2C)CC1. The zero-order valence-electron chi connectivity index (χ0n) is 27.9. The van der Waals surface area contributed by atoms with Gasteiger partial charge in [0.2, 0.25) is 0 Å². The van der Waals surface area contributed by atoms with E-state index in [-0.39, 0.29) is 24.5 Å². The Morgan fingerprint density at radius 2 is 1.59 bits per heavy atom. The first kappa shape index (κ1) is 36.5. The second-order valence-corrected chi connectivity index (χ2v) is 13.1. The van der Waals surface area contributed by atoms with E-state index in [1.54, 1.807) is 13.1 Å². The van der Waals surface area contributed by atoms with Gasteiger partial charge >= 0.3 is 24.4 Å². The predicted octanol–water partition coefficient (Wildman–Crippen LogP) is 7.78. The van der Waals surface area contributed by atoms with Gasteiger partial charge < -0.3 is 19.3 Å². The van der Waals surface area contributed by atoms with Gasteiger partial charge in [-0.3, -0.25) is 9.69 Å². The maximum Gasteiger partial charge on any atom is 0.416 e. The second kappa shape index (κ2) is 15.0. The van der Waals surface area contributed by atoms with Crippen LogP contribution in [-0.4, -0.2) is 65.8 Å². The number of rotatable bonds is 11. The summed E-state index contributed by atoms with van der Waals surface area (Å²) < 4.78 is 92.3. The van der Waals surface area contributed by atoms with Crippen molar-refractivity contribution in [2.75, 3.05) is 42.6 Å². The minimum atomic E-state index is -5.04. The highest BCUT2D eigenvalue weighted by Crippen LogP contribution is 2.41. The molecule has 0 N–H and O–H groups in total. The molecule has 1 aromatic heterocycles. The van der Waals surface area contributed by atoms with Crippen LogP contribution in [0.15, 0.2) is 24.4 Å². The molecule has 2 saturated heterocycles. The Morgan fingerprint density at radius 3 is 2.16 bits per heavy atom. The van der Waals surface area contributed by atoms with Crippen molar-refractivity contribution < 1.29 is 45.4 Å². The molecule has 3 aliphatic rings. The van der Waals surface area contributed by atoms with Crippen LogP contribution in [0.1, 0.15) is 94.2 Å². The van der Waals surface area contributed by atoms with Crippen LogP contribution in [0.2, 0.25) is 0 Å². The number of ether oxygens (including phenoxy) is 2. The van der Waals surface area contributed by atoms with Gasteiger partial charge in [-0.15, -0.1) is 0 Å². The lowest BCUT2D eigenvalue weighted by Crippen LogP contribution is -2.36. The van der Waals surface area contributed by atoms with Crippen molar-refractivity contribution in [2.24, 2.45) is 11.8 Å². The van der Waals surface area contributed by atoms with Crippen LogP contribution < -0.4 is 9.80 Å². The third-order valence-corrected chi connectivity index (χ3v) is 9.78. The molecule has 1 aliphatic carbocycles. The highest BCUT2D eigenvalue weighted by Gasteiger charge is 2.44. The molecule has 3 fully saturated rings. The number of hydrogen-bond acceptors (Lipinski definition) is 8. The van der Waals surface area contributed by atoms with Crippen molar-refractivity contribution in [1.29, 1.82) is 0 Å². The minimum absolute atomic E-state index is 0.0562. The van der Waals surface area contributed by atoms with Crippen molar-refractivity contribution in [3.63, 3.8) is 0 Å². The summed E-state index contributed by atoms with van der Waals surface area (Å²) in [5.74, 6) is 1.62. The largest absolute Gasteiger partial charge is 0.466 e. The number of cyclic esters (lactones) is 1. The molecule has 2 aliphatic heterocycles.